The fraction of sp³-hybridized carbons (Fsp3) is 0.667. The first kappa shape index (κ1) is 8.30. The van der Waals surface area contributed by atoms with Gasteiger partial charge in [-0.25, -0.2) is 4.99 Å². The Labute approximate surface area is 55.9 Å². The van der Waals surface area contributed by atoms with E-state index in [1.807, 2.05) is 20.9 Å². The van der Waals surface area contributed by atoms with E-state index < -0.39 is 0 Å². The SMILES string of the molecule is CC=NC(C)=NCNC. The van der Waals surface area contributed by atoms with Gasteiger partial charge in [0, 0.05) is 6.21 Å². The summed E-state index contributed by atoms with van der Waals surface area (Å²) in [6.45, 7) is 4.39. The molecule has 0 aromatic carbocycles. The molecule has 1 N–H and O–H groups in total. The zero-order chi connectivity index (χ0) is 7.11. The normalized spacial score (nSPS) is 13.0. The monoisotopic (exact) mass is 127 g/mol. The van der Waals surface area contributed by atoms with Crippen LogP contribution in [0.5, 0.6) is 0 Å². The molecule has 0 rings (SSSR count). The van der Waals surface area contributed by atoms with Crippen molar-refractivity contribution in [3.8, 4) is 0 Å². The summed E-state index contributed by atoms with van der Waals surface area (Å²) in [6, 6.07) is 0. The second-order valence-corrected chi connectivity index (χ2v) is 1.60. The highest BCUT2D eigenvalue weighted by Gasteiger charge is 1.78. The van der Waals surface area contributed by atoms with Crippen LogP contribution in [-0.2, 0) is 0 Å². The van der Waals surface area contributed by atoms with E-state index in [0.717, 1.165) is 5.84 Å². The van der Waals surface area contributed by atoms with Crippen LogP contribution >= 0.6 is 0 Å². The van der Waals surface area contributed by atoms with Gasteiger partial charge in [0.1, 0.15) is 5.84 Å². The van der Waals surface area contributed by atoms with Crippen molar-refractivity contribution in [1.29, 1.82) is 0 Å². The number of nitrogens with one attached hydrogen (secondary N) is 1. The molecule has 0 heterocycles. The zero-order valence-corrected chi connectivity index (χ0v) is 6.18. The lowest BCUT2D eigenvalue weighted by atomic mass is 10.7. The summed E-state index contributed by atoms with van der Waals surface area (Å²) >= 11 is 0. The van der Waals surface area contributed by atoms with Gasteiger partial charge in [0.2, 0.25) is 0 Å². The Hall–Kier alpha value is -0.700. The largest absolute Gasteiger partial charge is 0.301 e. The molecule has 0 amide bonds. The van der Waals surface area contributed by atoms with E-state index in [2.05, 4.69) is 15.3 Å². The van der Waals surface area contributed by atoms with Crippen LogP contribution in [0, 0.1) is 0 Å². The second-order valence-electron chi connectivity index (χ2n) is 1.60. The molecule has 9 heavy (non-hydrogen) atoms. The topological polar surface area (TPSA) is 36.8 Å². The predicted octanol–water partition coefficient (Wildman–Crippen LogP) is 0.672. The van der Waals surface area contributed by atoms with E-state index in [-0.39, 0.29) is 0 Å². The van der Waals surface area contributed by atoms with Crippen molar-refractivity contribution >= 4 is 12.1 Å². The minimum absolute atomic E-state index is 0.642. The first-order valence-electron chi connectivity index (χ1n) is 2.95. The Bertz CT molecular complexity index is 115. The summed E-state index contributed by atoms with van der Waals surface area (Å²) in [5.41, 5.74) is 0. The summed E-state index contributed by atoms with van der Waals surface area (Å²) in [4.78, 5) is 7.99. The number of hydrogen-bond donors (Lipinski definition) is 1. The van der Waals surface area contributed by atoms with Gasteiger partial charge < -0.3 is 5.32 Å². The number of hydrogen-bond acceptors (Lipinski definition) is 2. The minimum Gasteiger partial charge on any atom is -0.301 e. The van der Waals surface area contributed by atoms with Gasteiger partial charge in [-0.05, 0) is 20.9 Å². The highest BCUT2D eigenvalue weighted by atomic mass is 15.0. The first-order chi connectivity index (χ1) is 4.31. The molecule has 0 saturated carbocycles. The highest BCUT2D eigenvalue weighted by Crippen LogP contribution is 1.75. The molecule has 0 spiro atoms. The van der Waals surface area contributed by atoms with Gasteiger partial charge in [-0.3, -0.25) is 4.99 Å². The lowest BCUT2D eigenvalue weighted by Crippen LogP contribution is -2.06. The quantitative estimate of drug-likeness (QED) is 0.429. The fourth-order valence-electron chi connectivity index (χ4n) is 0.421. The molecule has 0 aliphatic rings. The molecule has 0 unspecified atom stereocenters. The molecule has 0 aromatic heterocycles. The third kappa shape index (κ3) is 5.17. The van der Waals surface area contributed by atoms with Crippen molar-refractivity contribution < 1.29 is 0 Å². The maximum atomic E-state index is 4.04. The van der Waals surface area contributed by atoms with Crippen LogP contribution in [0.25, 0.3) is 0 Å². The Morgan fingerprint density at radius 1 is 1.67 bits per heavy atom. The summed E-state index contributed by atoms with van der Waals surface area (Å²) in [7, 11) is 1.85. The summed E-state index contributed by atoms with van der Waals surface area (Å²) in [6.07, 6.45) is 1.73. The van der Waals surface area contributed by atoms with Crippen molar-refractivity contribution in [2.24, 2.45) is 9.98 Å². The van der Waals surface area contributed by atoms with Crippen LogP contribution < -0.4 is 5.32 Å². The van der Waals surface area contributed by atoms with Crippen LogP contribution in [0.15, 0.2) is 9.98 Å². The molecule has 0 aliphatic heterocycles. The van der Waals surface area contributed by atoms with Gasteiger partial charge in [0.25, 0.3) is 0 Å². The Kier molecular flexibility index (Phi) is 5.01. The van der Waals surface area contributed by atoms with Gasteiger partial charge in [-0.1, -0.05) is 0 Å². The number of aliphatic imine (C=N–C) groups is 2. The van der Waals surface area contributed by atoms with Crippen molar-refractivity contribution in [1.82, 2.24) is 5.32 Å². The number of rotatable bonds is 2. The molecular formula is C6H13N3. The van der Waals surface area contributed by atoms with Crippen molar-refractivity contribution in [3.63, 3.8) is 0 Å². The highest BCUT2D eigenvalue weighted by molar-refractivity contribution is 5.86. The van der Waals surface area contributed by atoms with E-state index in [1.165, 1.54) is 0 Å². The second kappa shape index (κ2) is 5.44. The maximum Gasteiger partial charge on any atom is 0.121 e. The average molecular weight is 127 g/mol. The third-order valence-electron chi connectivity index (χ3n) is 0.782. The molecule has 0 fully saturated rings. The van der Waals surface area contributed by atoms with Gasteiger partial charge in [-0.2, -0.15) is 0 Å². The molecule has 3 heteroatoms. The lowest BCUT2D eigenvalue weighted by molar-refractivity contribution is 0.833. The molecular weight excluding hydrogens is 114 g/mol. The van der Waals surface area contributed by atoms with E-state index in [0.29, 0.717) is 6.67 Å². The lowest BCUT2D eigenvalue weighted by Gasteiger charge is -1.90. The molecule has 0 atom stereocenters. The molecule has 0 bridgehead atoms. The Balaban J connectivity index is 3.55. The molecule has 0 aliphatic carbocycles. The zero-order valence-electron chi connectivity index (χ0n) is 6.18. The van der Waals surface area contributed by atoms with Crippen LogP contribution in [0.2, 0.25) is 0 Å². The maximum absolute atomic E-state index is 4.04. The molecule has 0 aromatic rings. The molecule has 0 saturated heterocycles. The van der Waals surface area contributed by atoms with E-state index in [9.17, 15) is 0 Å². The van der Waals surface area contributed by atoms with E-state index in [1.54, 1.807) is 6.21 Å². The van der Waals surface area contributed by atoms with Crippen molar-refractivity contribution in [3.05, 3.63) is 0 Å². The average Bonchev–Trinajstić information content (AvgIpc) is 1.85. The Morgan fingerprint density at radius 3 is 2.78 bits per heavy atom. The molecule has 0 radical (unpaired) electrons. The van der Waals surface area contributed by atoms with Crippen molar-refractivity contribution in [2.45, 2.75) is 13.8 Å². The molecule has 3 nitrogen and oxygen atoms in total. The van der Waals surface area contributed by atoms with Gasteiger partial charge in [0.05, 0.1) is 6.67 Å². The van der Waals surface area contributed by atoms with Gasteiger partial charge >= 0.3 is 0 Å². The van der Waals surface area contributed by atoms with Crippen LogP contribution in [-0.4, -0.2) is 25.8 Å². The fourth-order valence-corrected chi connectivity index (χ4v) is 0.421. The number of nitrogens with zero attached hydrogens (tertiary/aromatic N) is 2. The van der Waals surface area contributed by atoms with E-state index >= 15 is 0 Å². The summed E-state index contributed by atoms with van der Waals surface area (Å²) in [5.74, 6) is 0.812. The van der Waals surface area contributed by atoms with Gasteiger partial charge in [-0.15, -0.1) is 0 Å². The standard InChI is InChI=1S/C6H13N3/c1-4-8-6(2)9-5-7-3/h4,7H,5H2,1-3H3. The smallest absolute Gasteiger partial charge is 0.121 e. The van der Waals surface area contributed by atoms with Crippen LogP contribution in [0.1, 0.15) is 13.8 Å². The third-order valence-corrected chi connectivity index (χ3v) is 0.782. The first-order valence-corrected chi connectivity index (χ1v) is 2.95. The van der Waals surface area contributed by atoms with E-state index in [4.69, 9.17) is 0 Å². The summed E-state index contributed by atoms with van der Waals surface area (Å²) < 4.78 is 0. The minimum atomic E-state index is 0.642. The van der Waals surface area contributed by atoms with Crippen LogP contribution in [0.4, 0.5) is 0 Å². The van der Waals surface area contributed by atoms with Gasteiger partial charge in [0.15, 0.2) is 0 Å². The van der Waals surface area contributed by atoms with Crippen LogP contribution in [0.3, 0.4) is 0 Å². The predicted molar refractivity (Wildman–Crippen MR) is 41.2 cm³/mol. The Morgan fingerprint density at radius 2 is 2.33 bits per heavy atom. The summed E-state index contributed by atoms with van der Waals surface area (Å²) in [5, 5.41) is 2.90. The van der Waals surface area contributed by atoms with Crippen molar-refractivity contribution in [2.75, 3.05) is 13.7 Å². The molecule has 52 valence electrons. The number of amidine groups is 1.